The van der Waals surface area contributed by atoms with Crippen LogP contribution in [0.3, 0.4) is 0 Å². The number of fused-ring (bicyclic) bond motifs is 3. The molecule has 1 aromatic carbocycles. The molecule has 2 atom stereocenters. The van der Waals surface area contributed by atoms with E-state index in [0.29, 0.717) is 39.0 Å². The number of aromatic nitrogens is 2. The van der Waals surface area contributed by atoms with Crippen LogP contribution in [0.5, 0.6) is 5.75 Å². The topological polar surface area (TPSA) is 71.8 Å². The van der Waals surface area contributed by atoms with Crippen LogP contribution in [0.15, 0.2) is 18.3 Å². The molecular weight excluding hydrogens is 428 g/mol. The summed E-state index contributed by atoms with van der Waals surface area (Å²) < 4.78 is 25.4. The Kier molecular flexibility index (Phi) is 7.95. The first kappa shape index (κ1) is 24.0. The standard InChI is InChI=1S/C22H32N2O5Si2/c1-7-19(25)27-16-10-17-18(26-13-16)9-8-15-11-23-24(20(15)17)12-14(2)22(3,4)21(28-30-5)29-31-6/h8-9,11,14,16,21H,7,10,12-13H2,1-6H3. The number of benzene rings is 1. The van der Waals surface area contributed by atoms with Crippen molar-refractivity contribution < 1.29 is 23.1 Å². The van der Waals surface area contributed by atoms with Gasteiger partial charge in [-0.05, 0) is 31.1 Å². The van der Waals surface area contributed by atoms with Gasteiger partial charge in [0.25, 0.3) is 0 Å². The normalized spacial score (nSPS) is 17.5. The number of rotatable bonds is 10. The largest absolute Gasteiger partial charge is 0.489 e. The van der Waals surface area contributed by atoms with E-state index in [1.807, 2.05) is 36.1 Å². The van der Waals surface area contributed by atoms with E-state index in [9.17, 15) is 4.79 Å². The third-order valence-corrected chi connectivity index (χ3v) is 6.98. The Morgan fingerprint density at radius 1 is 1.32 bits per heavy atom. The molecule has 0 saturated carbocycles. The quantitative estimate of drug-likeness (QED) is 0.306. The summed E-state index contributed by atoms with van der Waals surface area (Å²) >= 11 is 0. The first-order valence-electron chi connectivity index (χ1n) is 10.8. The fourth-order valence-electron chi connectivity index (χ4n) is 3.79. The molecule has 9 heteroatoms. The number of esters is 1. The van der Waals surface area contributed by atoms with E-state index in [2.05, 4.69) is 25.9 Å². The van der Waals surface area contributed by atoms with Gasteiger partial charge in [-0.2, -0.15) is 5.10 Å². The van der Waals surface area contributed by atoms with E-state index in [1.54, 1.807) is 6.92 Å². The van der Waals surface area contributed by atoms with Crippen LogP contribution in [-0.4, -0.2) is 54.3 Å². The lowest BCUT2D eigenvalue weighted by molar-refractivity contribution is -0.150. The molecule has 0 spiro atoms. The van der Waals surface area contributed by atoms with Gasteiger partial charge in [0.15, 0.2) is 0 Å². The maximum absolute atomic E-state index is 11.8. The van der Waals surface area contributed by atoms with Crippen LogP contribution in [0.25, 0.3) is 10.9 Å². The summed E-state index contributed by atoms with van der Waals surface area (Å²) in [5, 5.41) is 5.74. The second kappa shape index (κ2) is 10.3. The van der Waals surface area contributed by atoms with Crippen molar-refractivity contribution in [3.8, 4) is 5.75 Å². The summed E-state index contributed by atoms with van der Waals surface area (Å²) in [6, 6.07) is 4.02. The highest BCUT2D eigenvalue weighted by Crippen LogP contribution is 2.37. The average Bonchev–Trinajstić information content (AvgIpc) is 3.16. The van der Waals surface area contributed by atoms with Crippen molar-refractivity contribution in [1.29, 1.82) is 0 Å². The van der Waals surface area contributed by atoms with Crippen LogP contribution < -0.4 is 4.74 Å². The van der Waals surface area contributed by atoms with Gasteiger partial charge in [0, 0.05) is 35.8 Å². The van der Waals surface area contributed by atoms with Crippen molar-refractivity contribution in [3.63, 3.8) is 0 Å². The number of carbonyl (C=O) groups is 1. The van der Waals surface area contributed by atoms with Gasteiger partial charge in [-0.1, -0.05) is 27.7 Å². The minimum Gasteiger partial charge on any atom is -0.489 e. The maximum Gasteiger partial charge on any atom is 0.305 e. The first-order chi connectivity index (χ1) is 14.8. The molecule has 1 aliphatic rings. The summed E-state index contributed by atoms with van der Waals surface area (Å²) in [6.45, 7) is 13.5. The molecule has 0 saturated heterocycles. The van der Waals surface area contributed by atoms with Crippen LogP contribution in [-0.2, 0) is 31.3 Å². The predicted octanol–water partition coefficient (Wildman–Crippen LogP) is 3.65. The molecule has 2 aromatic rings. The lowest BCUT2D eigenvalue weighted by Gasteiger charge is -2.39. The van der Waals surface area contributed by atoms with E-state index in [0.717, 1.165) is 28.8 Å². The van der Waals surface area contributed by atoms with Gasteiger partial charge in [-0.25, -0.2) is 0 Å². The van der Waals surface area contributed by atoms with Gasteiger partial charge in [-0.3, -0.25) is 9.48 Å². The first-order valence-corrected chi connectivity index (χ1v) is 13.6. The molecule has 31 heavy (non-hydrogen) atoms. The van der Waals surface area contributed by atoms with Crippen molar-refractivity contribution in [2.24, 2.45) is 11.3 Å². The monoisotopic (exact) mass is 460 g/mol. The number of hydrogen-bond acceptors (Lipinski definition) is 6. The summed E-state index contributed by atoms with van der Waals surface area (Å²) in [6.07, 6.45) is 2.35. The van der Waals surface area contributed by atoms with Crippen LogP contribution in [0.4, 0.5) is 0 Å². The average molecular weight is 461 g/mol. The summed E-state index contributed by atoms with van der Waals surface area (Å²) in [5.41, 5.74) is 1.90. The Bertz CT molecular complexity index is 895. The Morgan fingerprint density at radius 3 is 2.68 bits per heavy atom. The van der Waals surface area contributed by atoms with Gasteiger partial charge in [-0.15, -0.1) is 0 Å². The second-order valence-corrected chi connectivity index (χ2v) is 9.77. The van der Waals surface area contributed by atoms with Crippen molar-refractivity contribution in [3.05, 3.63) is 23.9 Å². The zero-order valence-corrected chi connectivity index (χ0v) is 21.2. The molecule has 0 fully saturated rings. The van der Waals surface area contributed by atoms with Crippen molar-refractivity contribution >= 4 is 36.4 Å². The number of carbonyl (C=O) groups excluding carboxylic acids is 1. The summed E-state index contributed by atoms with van der Waals surface area (Å²) in [7, 11) is 0.740. The minimum absolute atomic E-state index is 0.200. The van der Waals surface area contributed by atoms with E-state index < -0.39 is 0 Å². The van der Waals surface area contributed by atoms with Crippen molar-refractivity contribution in [1.82, 2.24) is 9.78 Å². The molecular formula is C22H32N2O5Si2. The minimum atomic E-state index is -0.273. The molecule has 4 radical (unpaired) electrons. The number of hydrogen-bond donors (Lipinski definition) is 0. The van der Waals surface area contributed by atoms with Crippen molar-refractivity contribution in [2.45, 2.75) is 72.6 Å². The molecule has 0 aliphatic carbocycles. The molecule has 3 rings (SSSR count). The fourth-order valence-corrected chi connectivity index (χ4v) is 5.02. The zero-order valence-electron chi connectivity index (χ0n) is 19.2. The van der Waals surface area contributed by atoms with E-state index in [1.165, 1.54) is 0 Å². The van der Waals surface area contributed by atoms with Crippen molar-refractivity contribution in [2.75, 3.05) is 6.61 Å². The highest BCUT2D eigenvalue weighted by atomic mass is 28.2. The SMILES string of the molecule is CCC(=O)OC1COc2ccc3cnn(CC(C)C(C)(C)C(O[Si]C)O[Si]C)c3c2C1. The van der Waals surface area contributed by atoms with Gasteiger partial charge >= 0.3 is 5.97 Å². The Labute approximate surface area is 189 Å². The molecule has 0 amide bonds. The van der Waals surface area contributed by atoms with Gasteiger partial charge < -0.3 is 18.3 Å². The van der Waals surface area contributed by atoms with Gasteiger partial charge in [0.05, 0.1) is 11.7 Å². The molecule has 1 aromatic heterocycles. The summed E-state index contributed by atoms with van der Waals surface area (Å²) in [5.74, 6) is 0.878. The summed E-state index contributed by atoms with van der Waals surface area (Å²) in [4.78, 5) is 11.8. The second-order valence-electron chi connectivity index (χ2n) is 8.49. The lowest BCUT2D eigenvalue weighted by Crippen LogP contribution is -2.42. The Morgan fingerprint density at radius 2 is 2.03 bits per heavy atom. The fraction of sp³-hybridized carbons (Fsp3) is 0.636. The molecule has 7 nitrogen and oxygen atoms in total. The highest BCUT2D eigenvalue weighted by molar-refractivity contribution is 6.26. The number of ether oxygens (including phenoxy) is 2. The van der Waals surface area contributed by atoms with E-state index >= 15 is 0 Å². The molecule has 0 bridgehead atoms. The van der Waals surface area contributed by atoms with Crippen LogP contribution >= 0.6 is 0 Å². The van der Waals surface area contributed by atoms with Crippen LogP contribution in [0, 0.1) is 11.3 Å². The van der Waals surface area contributed by atoms with Crippen LogP contribution in [0.2, 0.25) is 13.1 Å². The zero-order chi connectivity index (χ0) is 22.6. The van der Waals surface area contributed by atoms with E-state index in [4.69, 9.17) is 18.3 Å². The molecule has 2 heterocycles. The van der Waals surface area contributed by atoms with Gasteiger partial charge in [0.2, 0.25) is 19.5 Å². The highest BCUT2D eigenvalue weighted by Gasteiger charge is 2.37. The molecule has 0 N–H and O–H groups in total. The third-order valence-electron chi connectivity index (χ3n) is 6.08. The smallest absolute Gasteiger partial charge is 0.305 e. The number of nitrogens with zero attached hydrogens (tertiary/aromatic N) is 2. The molecule has 168 valence electrons. The maximum atomic E-state index is 11.8. The Hall–Kier alpha value is -1.69. The lowest BCUT2D eigenvalue weighted by atomic mass is 9.79. The molecule has 2 unspecified atom stereocenters. The van der Waals surface area contributed by atoms with Crippen LogP contribution in [0.1, 0.15) is 39.7 Å². The van der Waals surface area contributed by atoms with E-state index in [-0.39, 0.29) is 29.7 Å². The predicted molar refractivity (Wildman–Crippen MR) is 121 cm³/mol. The molecule has 1 aliphatic heterocycles. The third kappa shape index (κ3) is 5.21. The van der Waals surface area contributed by atoms with Gasteiger partial charge in [0.1, 0.15) is 24.8 Å². The Balaban J connectivity index is 1.87.